The summed E-state index contributed by atoms with van der Waals surface area (Å²) in [5.74, 6) is 1.11. The maximum Gasteiger partial charge on any atom is 0.302 e. The van der Waals surface area contributed by atoms with Crippen LogP contribution in [0.15, 0.2) is 0 Å². The summed E-state index contributed by atoms with van der Waals surface area (Å²) in [7, 11) is 0. The largest absolute Gasteiger partial charge is 0.462 e. The zero-order valence-electron chi connectivity index (χ0n) is 7.46. The van der Waals surface area contributed by atoms with Gasteiger partial charge < -0.3 is 4.74 Å². The molecule has 0 aromatic rings. The van der Waals surface area contributed by atoms with Gasteiger partial charge in [-0.25, -0.2) is 0 Å². The third-order valence-electron chi connectivity index (χ3n) is 2.71. The molecule has 2 heteroatoms. The highest BCUT2D eigenvalue weighted by Gasteiger charge is 2.31. The molecule has 0 spiro atoms. The van der Waals surface area contributed by atoms with E-state index in [0.717, 1.165) is 6.42 Å². The van der Waals surface area contributed by atoms with Gasteiger partial charge in [0.2, 0.25) is 0 Å². The van der Waals surface area contributed by atoms with E-state index in [2.05, 4.69) is 13.8 Å². The highest BCUT2D eigenvalue weighted by atomic mass is 16.5. The molecule has 1 aliphatic rings. The lowest BCUT2D eigenvalue weighted by Gasteiger charge is -2.17. The van der Waals surface area contributed by atoms with Crippen molar-refractivity contribution in [3.8, 4) is 0 Å². The zero-order valence-corrected chi connectivity index (χ0v) is 7.46. The maximum absolute atomic E-state index is 10.6. The Morgan fingerprint density at radius 1 is 1.36 bits per heavy atom. The molecule has 1 rings (SSSR count). The summed E-state index contributed by atoms with van der Waals surface area (Å²) >= 11 is 0. The SMILES string of the molecule is CC(=O)OC1CC[C@@H](C)[C@H]1C. The fourth-order valence-electron chi connectivity index (χ4n) is 1.70. The fraction of sp³-hybridized carbons (Fsp3) is 0.889. The average Bonchev–Trinajstić information content (AvgIpc) is 2.18. The Bertz CT molecular complexity index is 154. The van der Waals surface area contributed by atoms with Crippen LogP contribution in [0.25, 0.3) is 0 Å². The van der Waals surface area contributed by atoms with Crippen LogP contribution in [0.3, 0.4) is 0 Å². The molecule has 0 aromatic heterocycles. The van der Waals surface area contributed by atoms with E-state index in [1.165, 1.54) is 13.3 Å². The Morgan fingerprint density at radius 2 is 2.00 bits per heavy atom. The normalized spacial score (nSPS) is 37.2. The van der Waals surface area contributed by atoms with Gasteiger partial charge in [-0.2, -0.15) is 0 Å². The lowest BCUT2D eigenvalue weighted by molar-refractivity contribution is -0.148. The minimum Gasteiger partial charge on any atom is -0.462 e. The summed E-state index contributed by atoms with van der Waals surface area (Å²) in [5.41, 5.74) is 0. The zero-order chi connectivity index (χ0) is 8.43. The topological polar surface area (TPSA) is 26.3 Å². The second kappa shape index (κ2) is 3.24. The predicted molar refractivity (Wildman–Crippen MR) is 43.1 cm³/mol. The fourth-order valence-corrected chi connectivity index (χ4v) is 1.70. The van der Waals surface area contributed by atoms with Gasteiger partial charge >= 0.3 is 5.97 Å². The van der Waals surface area contributed by atoms with E-state index in [-0.39, 0.29) is 12.1 Å². The molecule has 1 saturated carbocycles. The van der Waals surface area contributed by atoms with Crippen LogP contribution < -0.4 is 0 Å². The molecule has 1 aliphatic carbocycles. The summed E-state index contributed by atoms with van der Waals surface area (Å²) in [6, 6.07) is 0. The number of rotatable bonds is 1. The standard InChI is InChI=1S/C9H16O2/c1-6-4-5-9(7(6)2)11-8(3)10/h6-7,9H,4-5H2,1-3H3/t6-,7-,9?/m1/s1. The van der Waals surface area contributed by atoms with Crippen LogP contribution in [0.2, 0.25) is 0 Å². The molecular formula is C9H16O2. The Hall–Kier alpha value is -0.530. The molecule has 1 fully saturated rings. The molecule has 64 valence electrons. The minimum absolute atomic E-state index is 0.143. The van der Waals surface area contributed by atoms with Crippen molar-refractivity contribution in [3.63, 3.8) is 0 Å². The van der Waals surface area contributed by atoms with Crippen LogP contribution in [-0.2, 0) is 9.53 Å². The van der Waals surface area contributed by atoms with Crippen LogP contribution in [0.4, 0.5) is 0 Å². The van der Waals surface area contributed by atoms with Gasteiger partial charge in [-0.3, -0.25) is 4.79 Å². The molecule has 2 nitrogen and oxygen atoms in total. The van der Waals surface area contributed by atoms with E-state index < -0.39 is 0 Å². The molecule has 0 aliphatic heterocycles. The van der Waals surface area contributed by atoms with Crippen LogP contribution in [0.1, 0.15) is 33.6 Å². The quantitative estimate of drug-likeness (QED) is 0.543. The summed E-state index contributed by atoms with van der Waals surface area (Å²) < 4.78 is 5.15. The minimum atomic E-state index is -0.143. The second-order valence-electron chi connectivity index (χ2n) is 3.56. The second-order valence-corrected chi connectivity index (χ2v) is 3.56. The molecule has 0 amide bonds. The number of carbonyl (C=O) groups excluding carboxylic acids is 1. The highest BCUT2D eigenvalue weighted by Crippen LogP contribution is 2.33. The van der Waals surface area contributed by atoms with Gasteiger partial charge in [0.15, 0.2) is 0 Å². The summed E-state index contributed by atoms with van der Waals surface area (Å²) in [6.07, 6.45) is 2.42. The lowest BCUT2D eigenvalue weighted by Crippen LogP contribution is -2.20. The molecule has 0 radical (unpaired) electrons. The van der Waals surface area contributed by atoms with E-state index in [1.54, 1.807) is 0 Å². The van der Waals surface area contributed by atoms with E-state index in [9.17, 15) is 4.79 Å². The monoisotopic (exact) mass is 156 g/mol. The third kappa shape index (κ3) is 1.95. The van der Waals surface area contributed by atoms with Gasteiger partial charge in [0, 0.05) is 6.92 Å². The number of ether oxygens (including phenoxy) is 1. The van der Waals surface area contributed by atoms with Crippen molar-refractivity contribution in [3.05, 3.63) is 0 Å². The third-order valence-corrected chi connectivity index (χ3v) is 2.71. The van der Waals surface area contributed by atoms with Gasteiger partial charge in [-0.15, -0.1) is 0 Å². The number of esters is 1. The number of carbonyl (C=O) groups is 1. The van der Waals surface area contributed by atoms with Gasteiger partial charge in [0.05, 0.1) is 0 Å². The summed E-state index contributed by atoms with van der Waals surface area (Å²) in [4.78, 5) is 10.6. The van der Waals surface area contributed by atoms with Gasteiger partial charge in [-0.05, 0) is 24.7 Å². The Morgan fingerprint density at radius 3 is 2.36 bits per heavy atom. The molecule has 11 heavy (non-hydrogen) atoms. The smallest absolute Gasteiger partial charge is 0.302 e. The molecule has 0 aromatic carbocycles. The average molecular weight is 156 g/mol. The number of hydrogen-bond acceptors (Lipinski definition) is 2. The molecule has 1 unspecified atom stereocenters. The van der Waals surface area contributed by atoms with Crippen LogP contribution in [0, 0.1) is 11.8 Å². The van der Waals surface area contributed by atoms with E-state index in [1.807, 2.05) is 0 Å². The molecule has 3 atom stereocenters. The summed E-state index contributed by atoms with van der Waals surface area (Å²) in [6.45, 7) is 5.86. The first-order valence-corrected chi connectivity index (χ1v) is 4.28. The van der Waals surface area contributed by atoms with Crippen molar-refractivity contribution in [2.24, 2.45) is 11.8 Å². The maximum atomic E-state index is 10.6. The Kier molecular flexibility index (Phi) is 2.53. The lowest BCUT2D eigenvalue weighted by atomic mass is 9.99. The van der Waals surface area contributed by atoms with Gasteiger partial charge in [-0.1, -0.05) is 13.8 Å². The molecular weight excluding hydrogens is 140 g/mol. The van der Waals surface area contributed by atoms with Crippen molar-refractivity contribution in [1.29, 1.82) is 0 Å². The predicted octanol–water partition coefficient (Wildman–Crippen LogP) is 1.98. The molecule has 0 heterocycles. The van der Waals surface area contributed by atoms with Crippen molar-refractivity contribution in [1.82, 2.24) is 0 Å². The van der Waals surface area contributed by atoms with Gasteiger partial charge in [0.25, 0.3) is 0 Å². The Balaban J connectivity index is 2.42. The summed E-state index contributed by atoms with van der Waals surface area (Å²) in [5, 5.41) is 0. The molecule has 0 saturated heterocycles. The van der Waals surface area contributed by atoms with E-state index >= 15 is 0 Å². The first-order chi connectivity index (χ1) is 5.11. The van der Waals surface area contributed by atoms with E-state index in [4.69, 9.17) is 4.74 Å². The van der Waals surface area contributed by atoms with Crippen molar-refractivity contribution < 1.29 is 9.53 Å². The van der Waals surface area contributed by atoms with E-state index in [0.29, 0.717) is 11.8 Å². The molecule has 0 bridgehead atoms. The van der Waals surface area contributed by atoms with Crippen molar-refractivity contribution >= 4 is 5.97 Å². The molecule has 0 N–H and O–H groups in total. The van der Waals surface area contributed by atoms with Crippen molar-refractivity contribution in [2.45, 2.75) is 39.7 Å². The highest BCUT2D eigenvalue weighted by molar-refractivity contribution is 5.66. The van der Waals surface area contributed by atoms with Crippen LogP contribution in [0.5, 0.6) is 0 Å². The van der Waals surface area contributed by atoms with Crippen LogP contribution >= 0.6 is 0 Å². The Labute approximate surface area is 67.9 Å². The van der Waals surface area contributed by atoms with Crippen molar-refractivity contribution in [2.75, 3.05) is 0 Å². The first kappa shape index (κ1) is 8.57. The number of hydrogen-bond donors (Lipinski definition) is 0. The van der Waals surface area contributed by atoms with Gasteiger partial charge in [0.1, 0.15) is 6.10 Å². The van der Waals surface area contributed by atoms with Crippen LogP contribution in [-0.4, -0.2) is 12.1 Å². The first-order valence-electron chi connectivity index (χ1n) is 4.28.